The number of fused-ring (bicyclic) bond motifs is 1. The predicted octanol–water partition coefficient (Wildman–Crippen LogP) is 4.54. The number of carbonyl (C=O) groups excluding carboxylic acids is 1. The van der Waals surface area contributed by atoms with Crippen LogP contribution in [-0.2, 0) is 4.79 Å². The molecule has 1 aliphatic carbocycles. The number of H-pyrrole nitrogens is 1. The van der Waals surface area contributed by atoms with Gasteiger partial charge in [-0.05, 0) is 18.9 Å². The van der Waals surface area contributed by atoms with Crippen LogP contribution >= 0.6 is 11.8 Å². The van der Waals surface area contributed by atoms with Gasteiger partial charge in [0.05, 0.1) is 11.3 Å². The maximum Gasteiger partial charge on any atom is 0.277 e. The lowest BCUT2D eigenvalue weighted by Gasteiger charge is -2.20. The summed E-state index contributed by atoms with van der Waals surface area (Å²) in [5.41, 5.74) is 1.91. The number of amides is 1. The fourth-order valence-electron chi connectivity index (χ4n) is 3.62. The largest absolute Gasteiger partial charge is 0.411 e. The SMILES string of the molecule is O=C(CSc1nnc(-c2c[nH]c3ccccc23)o1)NC1CCCCCCC1. The molecule has 0 atom stereocenters. The van der Waals surface area contributed by atoms with Crippen LogP contribution in [0.2, 0.25) is 0 Å². The van der Waals surface area contributed by atoms with Gasteiger partial charge >= 0.3 is 0 Å². The number of benzene rings is 1. The summed E-state index contributed by atoms with van der Waals surface area (Å²) >= 11 is 1.29. The van der Waals surface area contributed by atoms with Gasteiger partial charge in [-0.15, -0.1) is 10.2 Å². The Hall–Kier alpha value is -2.28. The number of rotatable bonds is 5. The molecule has 3 aromatic rings. The molecule has 0 spiro atoms. The quantitative estimate of drug-likeness (QED) is 0.631. The number of nitrogens with one attached hydrogen (secondary N) is 2. The standard InChI is InChI=1S/C20H24N4O2S/c25-18(22-14-8-4-2-1-3-5-9-14)13-27-20-24-23-19(26-20)16-12-21-17-11-7-6-10-15(16)17/h6-7,10-12,14,21H,1-5,8-9,13H2,(H,22,25). The van der Waals surface area contributed by atoms with E-state index in [0.717, 1.165) is 29.3 Å². The second-order valence-electron chi connectivity index (χ2n) is 7.02. The minimum atomic E-state index is 0.0393. The van der Waals surface area contributed by atoms with E-state index in [-0.39, 0.29) is 5.91 Å². The normalized spacial score (nSPS) is 16.1. The van der Waals surface area contributed by atoms with Crippen LogP contribution in [0.4, 0.5) is 0 Å². The van der Waals surface area contributed by atoms with Gasteiger partial charge in [0.2, 0.25) is 5.91 Å². The van der Waals surface area contributed by atoms with Gasteiger partial charge < -0.3 is 14.7 Å². The summed E-state index contributed by atoms with van der Waals surface area (Å²) in [5.74, 6) is 0.805. The number of carbonyl (C=O) groups is 1. The van der Waals surface area contributed by atoms with Crippen molar-refractivity contribution in [3.05, 3.63) is 30.5 Å². The molecule has 7 heteroatoms. The van der Waals surface area contributed by atoms with Crippen molar-refractivity contribution in [2.45, 2.75) is 56.2 Å². The first-order valence-corrected chi connectivity index (χ1v) is 10.6. The molecule has 1 aliphatic rings. The topological polar surface area (TPSA) is 83.8 Å². The van der Waals surface area contributed by atoms with Gasteiger partial charge in [0.1, 0.15) is 0 Å². The molecular weight excluding hydrogens is 360 g/mol. The third-order valence-corrected chi connectivity index (χ3v) is 5.84. The van der Waals surface area contributed by atoms with Crippen LogP contribution < -0.4 is 5.32 Å². The van der Waals surface area contributed by atoms with Gasteiger partial charge in [-0.1, -0.05) is 62.1 Å². The highest BCUT2D eigenvalue weighted by molar-refractivity contribution is 7.99. The Balaban J connectivity index is 1.33. The Kier molecular flexibility index (Phi) is 5.77. The molecule has 1 saturated carbocycles. The van der Waals surface area contributed by atoms with Crippen molar-refractivity contribution in [2.24, 2.45) is 0 Å². The first kappa shape index (κ1) is 18.1. The van der Waals surface area contributed by atoms with Crippen molar-refractivity contribution >= 4 is 28.6 Å². The van der Waals surface area contributed by atoms with E-state index in [2.05, 4.69) is 20.5 Å². The number of thioether (sulfide) groups is 1. The molecule has 0 saturated heterocycles. The second-order valence-corrected chi connectivity index (χ2v) is 7.95. The van der Waals surface area contributed by atoms with Crippen molar-refractivity contribution < 1.29 is 9.21 Å². The Bertz CT molecular complexity index is 896. The summed E-state index contributed by atoms with van der Waals surface area (Å²) in [5, 5.41) is 12.8. The predicted molar refractivity (Wildman–Crippen MR) is 107 cm³/mol. The van der Waals surface area contributed by atoms with Crippen LogP contribution in [0.3, 0.4) is 0 Å². The zero-order valence-electron chi connectivity index (χ0n) is 15.2. The van der Waals surface area contributed by atoms with Crippen LogP contribution in [0.25, 0.3) is 22.4 Å². The minimum Gasteiger partial charge on any atom is -0.411 e. The van der Waals surface area contributed by atoms with E-state index in [1.54, 1.807) is 0 Å². The molecule has 2 N–H and O–H groups in total. The van der Waals surface area contributed by atoms with Gasteiger partial charge in [-0.2, -0.15) is 0 Å². The lowest BCUT2D eigenvalue weighted by Crippen LogP contribution is -2.36. The van der Waals surface area contributed by atoms with Crippen LogP contribution in [-0.4, -0.2) is 32.9 Å². The highest BCUT2D eigenvalue weighted by Gasteiger charge is 2.17. The highest BCUT2D eigenvalue weighted by Crippen LogP contribution is 2.29. The summed E-state index contributed by atoms with van der Waals surface area (Å²) in [6, 6.07) is 8.28. The van der Waals surface area contributed by atoms with E-state index in [9.17, 15) is 4.79 Å². The third kappa shape index (κ3) is 4.53. The summed E-state index contributed by atoms with van der Waals surface area (Å²) in [6.07, 6.45) is 10.3. The van der Waals surface area contributed by atoms with Crippen LogP contribution in [0.15, 0.2) is 40.1 Å². The smallest absolute Gasteiger partial charge is 0.277 e. The molecule has 4 rings (SSSR count). The Morgan fingerprint density at radius 3 is 2.78 bits per heavy atom. The molecule has 0 bridgehead atoms. The van der Waals surface area contributed by atoms with Crippen molar-refractivity contribution in [3.63, 3.8) is 0 Å². The van der Waals surface area contributed by atoms with Crippen molar-refractivity contribution in [1.29, 1.82) is 0 Å². The molecule has 27 heavy (non-hydrogen) atoms. The van der Waals surface area contributed by atoms with Crippen LogP contribution in [0.1, 0.15) is 44.9 Å². The third-order valence-electron chi connectivity index (χ3n) is 5.02. The molecule has 0 unspecified atom stereocenters. The van der Waals surface area contributed by atoms with Gasteiger partial charge in [0, 0.05) is 23.1 Å². The van der Waals surface area contributed by atoms with Gasteiger partial charge in [0.15, 0.2) is 0 Å². The molecule has 0 radical (unpaired) electrons. The molecule has 1 fully saturated rings. The van der Waals surface area contributed by atoms with Crippen molar-refractivity contribution in [1.82, 2.24) is 20.5 Å². The molecule has 0 aliphatic heterocycles. The zero-order valence-corrected chi connectivity index (χ0v) is 16.1. The first-order chi connectivity index (χ1) is 13.3. The molecule has 142 valence electrons. The molecule has 2 heterocycles. The summed E-state index contributed by atoms with van der Waals surface area (Å²) in [6.45, 7) is 0. The van der Waals surface area contributed by atoms with E-state index in [0.29, 0.717) is 22.9 Å². The highest BCUT2D eigenvalue weighted by atomic mass is 32.2. The monoisotopic (exact) mass is 384 g/mol. The van der Waals surface area contributed by atoms with Crippen molar-refractivity contribution in [3.8, 4) is 11.5 Å². The molecule has 1 amide bonds. The Morgan fingerprint density at radius 2 is 1.93 bits per heavy atom. The van der Waals surface area contributed by atoms with E-state index >= 15 is 0 Å². The fourth-order valence-corrected chi connectivity index (χ4v) is 4.20. The molecule has 6 nitrogen and oxygen atoms in total. The summed E-state index contributed by atoms with van der Waals surface area (Å²) < 4.78 is 5.75. The molecule has 2 aromatic heterocycles. The second kappa shape index (κ2) is 8.61. The number of para-hydroxylation sites is 1. The lowest BCUT2D eigenvalue weighted by atomic mass is 9.97. The number of nitrogens with zero attached hydrogens (tertiary/aromatic N) is 2. The van der Waals surface area contributed by atoms with Gasteiger partial charge in [-0.25, -0.2) is 0 Å². The number of aromatic amines is 1. The van der Waals surface area contributed by atoms with E-state index in [1.807, 2.05) is 30.5 Å². The van der Waals surface area contributed by atoms with Gasteiger partial charge in [0.25, 0.3) is 11.1 Å². The average molecular weight is 385 g/mol. The Morgan fingerprint density at radius 1 is 1.15 bits per heavy atom. The van der Waals surface area contributed by atoms with Crippen LogP contribution in [0, 0.1) is 0 Å². The van der Waals surface area contributed by atoms with E-state index < -0.39 is 0 Å². The fraction of sp³-hybridized carbons (Fsp3) is 0.450. The Labute approximate surface area is 162 Å². The summed E-state index contributed by atoms with van der Waals surface area (Å²) in [7, 11) is 0. The van der Waals surface area contributed by atoms with E-state index in [4.69, 9.17) is 4.42 Å². The summed E-state index contributed by atoms with van der Waals surface area (Å²) in [4.78, 5) is 15.5. The average Bonchev–Trinajstić information content (AvgIpc) is 3.28. The van der Waals surface area contributed by atoms with Gasteiger partial charge in [-0.3, -0.25) is 4.79 Å². The number of hydrogen-bond acceptors (Lipinski definition) is 5. The lowest BCUT2D eigenvalue weighted by molar-refractivity contribution is -0.119. The van der Waals surface area contributed by atoms with E-state index in [1.165, 1.54) is 43.9 Å². The molecule has 1 aromatic carbocycles. The zero-order chi connectivity index (χ0) is 18.5. The molecular formula is C20H24N4O2S. The van der Waals surface area contributed by atoms with Crippen LogP contribution in [0.5, 0.6) is 0 Å². The number of hydrogen-bond donors (Lipinski definition) is 2. The maximum atomic E-state index is 12.3. The maximum absolute atomic E-state index is 12.3. The minimum absolute atomic E-state index is 0.0393. The number of aromatic nitrogens is 3. The van der Waals surface area contributed by atoms with Crippen molar-refractivity contribution in [2.75, 3.05) is 5.75 Å². The first-order valence-electron chi connectivity index (χ1n) is 9.62.